The normalized spacial score (nSPS) is 11.7. The van der Waals surface area contributed by atoms with Gasteiger partial charge in [0, 0.05) is 26.1 Å². The SMILES string of the molecule is CCOCCOCCOCCOCCOCCOCCC(=O)NC[C@H](NC(=O)c1c(C)nc(NCCCc2cccc(O)c2)nc1C)C(=O)O. The van der Waals surface area contributed by atoms with Crippen molar-refractivity contribution in [1.29, 1.82) is 0 Å². The Kier molecular flexibility index (Phi) is 21.9. The number of phenols is 1. The Hall–Kier alpha value is -3.93. The number of aliphatic carboxylic acids is 1. The van der Waals surface area contributed by atoms with E-state index in [0.717, 1.165) is 18.4 Å². The Morgan fingerprint density at radius 1 is 0.800 bits per heavy atom. The van der Waals surface area contributed by atoms with E-state index in [-0.39, 0.29) is 37.5 Å². The van der Waals surface area contributed by atoms with Crippen molar-refractivity contribution in [3.05, 3.63) is 46.8 Å². The summed E-state index contributed by atoms with van der Waals surface area (Å²) in [5, 5.41) is 27.3. The molecule has 16 heteroatoms. The smallest absolute Gasteiger partial charge is 0.328 e. The van der Waals surface area contributed by atoms with E-state index in [4.69, 9.17) is 28.4 Å². The third-order valence-electron chi connectivity index (χ3n) is 6.98. The summed E-state index contributed by atoms with van der Waals surface area (Å²) in [5.41, 5.74) is 1.93. The van der Waals surface area contributed by atoms with Gasteiger partial charge in [0.2, 0.25) is 11.9 Å². The van der Waals surface area contributed by atoms with Crippen LogP contribution in [0.15, 0.2) is 24.3 Å². The second kappa shape index (κ2) is 26.0. The molecular formula is C34H53N5O11. The first-order chi connectivity index (χ1) is 24.2. The van der Waals surface area contributed by atoms with Crippen molar-refractivity contribution in [3.63, 3.8) is 0 Å². The summed E-state index contributed by atoms with van der Waals surface area (Å²) in [5.74, 6) is -1.81. The first-order valence-electron chi connectivity index (χ1n) is 16.8. The van der Waals surface area contributed by atoms with Crippen LogP contribution in [-0.4, -0.2) is 136 Å². The molecule has 280 valence electrons. The first kappa shape index (κ1) is 42.2. The van der Waals surface area contributed by atoms with E-state index >= 15 is 0 Å². The number of hydrogen-bond acceptors (Lipinski definition) is 13. The topological polar surface area (TPSA) is 209 Å². The van der Waals surface area contributed by atoms with Crippen LogP contribution in [0.5, 0.6) is 5.75 Å². The van der Waals surface area contributed by atoms with Crippen molar-refractivity contribution in [2.75, 3.05) is 97.7 Å². The van der Waals surface area contributed by atoms with Gasteiger partial charge in [-0.15, -0.1) is 0 Å². The molecule has 0 aliphatic rings. The fourth-order valence-electron chi connectivity index (χ4n) is 4.47. The molecule has 2 aromatic rings. The molecule has 0 saturated carbocycles. The van der Waals surface area contributed by atoms with Crippen LogP contribution < -0.4 is 16.0 Å². The molecule has 5 N–H and O–H groups in total. The van der Waals surface area contributed by atoms with Crippen molar-refractivity contribution in [3.8, 4) is 5.75 Å². The highest BCUT2D eigenvalue weighted by atomic mass is 16.6. The number of hydrogen-bond donors (Lipinski definition) is 5. The number of rotatable bonds is 29. The van der Waals surface area contributed by atoms with Gasteiger partial charge in [-0.25, -0.2) is 14.8 Å². The number of nitrogens with one attached hydrogen (secondary N) is 3. The highest BCUT2D eigenvalue weighted by Crippen LogP contribution is 2.15. The van der Waals surface area contributed by atoms with Gasteiger partial charge in [-0.2, -0.15) is 0 Å². The maximum absolute atomic E-state index is 13.0. The lowest BCUT2D eigenvalue weighted by Crippen LogP contribution is -2.48. The molecule has 2 amide bonds. The van der Waals surface area contributed by atoms with Crippen LogP contribution >= 0.6 is 0 Å². The van der Waals surface area contributed by atoms with Gasteiger partial charge in [-0.1, -0.05) is 12.1 Å². The van der Waals surface area contributed by atoms with Crippen molar-refractivity contribution in [1.82, 2.24) is 20.6 Å². The summed E-state index contributed by atoms with van der Waals surface area (Å²) in [4.78, 5) is 45.8. The molecule has 0 fully saturated rings. The summed E-state index contributed by atoms with van der Waals surface area (Å²) < 4.78 is 32.2. The number of phenolic OH excluding ortho intramolecular Hbond substituents is 1. The molecule has 50 heavy (non-hydrogen) atoms. The van der Waals surface area contributed by atoms with E-state index in [1.807, 2.05) is 13.0 Å². The van der Waals surface area contributed by atoms with Crippen LogP contribution in [-0.2, 0) is 44.4 Å². The highest BCUT2D eigenvalue weighted by Gasteiger charge is 2.24. The number of nitrogens with zero attached hydrogens (tertiary/aromatic N) is 2. The molecule has 0 spiro atoms. The zero-order valence-corrected chi connectivity index (χ0v) is 29.4. The van der Waals surface area contributed by atoms with Gasteiger partial charge in [0.1, 0.15) is 11.8 Å². The second-order valence-corrected chi connectivity index (χ2v) is 11.0. The van der Waals surface area contributed by atoms with E-state index < -0.39 is 23.8 Å². The molecule has 1 atom stereocenters. The Balaban J connectivity index is 1.56. The molecule has 2 rings (SSSR count). The van der Waals surface area contributed by atoms with E-state index in [2.05, 4.69) is 25.9 Å². The molecule has 0 bridgehead atoms. The maximum atomic E-state index is 13.0. The molecular weight excluding hydrogens is 654 g/mol. The number of aromatic hydroxyl groups is 1. The standard InChI is InChI=1S/C34H53N5O11/c1-4-45-13-14-47-17-18-49-21-22-50-20-19-48-16-15-46-12-10-30(41)36-24-29(33(43)44)39-32(42)31-25(2)37-34(38-26(31)3)35-11-6-8-27-7-5-9-28(40)23-27/h5,7,9,23,29,40H,4,6,8,10-22,24H2,1-3H3,(H,36,41)(H,39,42)(H,43,44)(H,35,37,38)/t29-/m0/s1. The number of anilines is 1. The minimum absolute atomic E-state index is 0.00922. The van der Waals surface area contributed by atoms with Crippen molar-refractivity contribution >= 4 is 23.7 Å². The van der Waals surface area contributed by atoms with Crippen LogP contribution in [0, 0.1) is 13.8 Å². The summed E-state index contributed by atoms with van der Waals surface area (Å²) in [6.07, 6.45) is 1.52. The number of aromatic nitrogens is 2. The summed E-state index contributed by atoms with van der Waals surface area (Å²) in [6.45, 7) is 10.7. The van der Waals surface area contributed by atoms with Gasteiger partial charge in [-0.05, 0) is 51.3 Å². The van der Waals surface area contributed by atoms with Gasteiger partial charge in [0.25, 0.3) is 5.91 Å². The molecule has 1 heterocycles. The maximum Gasteiger partial charge on any atom is 0.328 e. The molecule has 16 nitrogen and oxygen atoms in total. The van der Waals surface area contributed by atoms with Crippen LogP contribution in [0.3, 0.4) is 0 Å². The Bertz CT molecular complexity index is 1260. The average molecular weight is 708 g/mol. The van der Waals surface area contributed by atoms with Crippen LogP contribution in [0.2, 0.25) is 0 Å². The predicted molar refractivity (Wildman–Crippen MR) is 184 cm³/mol. The Morgan fingerprint density at radius 2 is 1.34 bits per heavy atom. The fourth-order valence-corrected chi connectivity index (χ4v) is 4.47. The number of carbonyl (C=O) groups excluding carboxylic acids is 2. The van der Waals surface area contributed by atoms with Gasteiger partial charge < -0.3 is 54.6 Å². The zero-order valence-electron chi connectivity index (χ0n) is 29.4. The molecule has 0 aliphatic carbocycles. The number of carboxylic acid groups (broad SMARTS) is 1. The van der Waals surface area contributed by atoms with E-state index in [1.165, 1.54) is 0 Å². The third kappa shape index (κ3) is 18.7. The summed E-state index contributed by atoms with van der Waals surface area (Å²) >= 11 is 0. The number of benzene rings is 1. The van der Waals surface area contributed by atoms with Crippen molar-refractivity contribution < 1.29 is 53.0 Å². The second-order valence-electron chi connectivity index (χ2n) is 11.0. The summed E-state index contributed by atoms with van der Waals surface area (Å²) in [7, 11) is 0. The highest BCUT2D eigenvalue weighted by molar-refractivity contribution is 5.98. The monoisotopic (exact) mass is 707 g/mol. The zero-order chi connectivity index (χ0) is 36.4. The average Bonchev–Trinajstić information content (AvgIpc) is 3.07. The molecule has 0 unspecified atom stereocenters. The molecule has 0 radical (unpaired) electrons. The molecule has 1 aromatic heterocycles. The van der Waals surface area contributed by atoms with Crippen molar-refractivity contribution in [2.45, 2.75) is 46.1 Å². The van der Waals surface area contributed by atoms with Gasteiger partial charge in [0.05, 0.1) is 89.6 Å². The van der Waals surface area contributed by atoms with Crippen LogP contribution in [0.4, 0.5) is 5.95 Å². The third-order valence-corrected chi connectivity index (χ3v) is 6.98. The number of amides is 2. The van der Waals surface area contributed by atoms with Crippen LogP contribution in [0.1, 0.15) is 47.1 Å². The minimum atomic E-state index is -1.37. The number of aryl methyl sites for hydroxylation is 3. The Morgan fingerprint density at radius 3 is 1.86 bits per heavy atom. The van der Waals surface area contributed by atoms with Gasteiger partial charge in [-0.3, -0.25) is 9.59 Å². The van der Waals surface area contributed by atoms with Gasteiger partial charge in [0.15, 0.2) is 0 Å². The van der Waals surface area contributed by atoms with Crippen LogP contribution in [0.25, 0.3) is 0 Å². The lowest BCUT2D eigenvalue weighted by molar-refractivity contribution is -0.139. The lowest BCUT2D eigenvalue weighted by atomic mass is 10.1. The number of carboxylic acids is 1. The van der Waals surface area contributed by atoms with E-state index in [1.54, 1.807) is 32.0 Å². The van der Waals surface area contributed by atoms with E-state index in [9.17, 15) is 24.6 Å². The molecule has 0 aliphatic heterocycles. The largest absolute Gasteiger partial charge is 0.508 e. The first-order valence-corrected chi connectivity index (χ1v) is 16.8. The Labute approximate surface area is 293 Å². The fraction of sp³-hybridized carbons (Fsp3) is 0.618. The lowest BCUT2D eigenvalue weighted by Gasteiger charge is -2.17. The molecule has 1 aromatic carbocycles. The number of carbonyl (C=O) groups is 3. The predicted octanol–water partition coefficient (Wildman–Crippen LogP) is 1.65. The molecule has 0 saturated heterocycles. The van der Waals surface area contributed by atoms with Gasteiger partial charge >= 0.3 is 5.97 Å². The van der Waals surface area contributed by atoms with E-state index in [0.29, 0.717) is 89.9 Å². The van der Waals surface area contributed by atoms with Crippen molar-refractivity contribution in [2.24, 2.45) is 0 Å². The minimum Gasteiger partial charge on any atom is -0.508 e. The summed E-state index contributed by atoms with van der Waals surface area (Å²) in [6, 6.07) is 5.69. The quantitative estimate of drug-likeness (QED) is 0.0762. The number of ether oxygens (including phenoxy) is 6.